The normalized spacial score (nSPS) is 22.8. The molecule has 2 aromatic rings. The fourth-order valence-electron chi connectivity index (χ4n) is 2.34. The molecule has 3 rings (SSSR count). The first-order valence-corrected chi connectivity index (χ1v) is 6.47. The van der Waals surface area contributed by atoms with Crippen LogP contribution in [0.1, 0.15) is 12.8 Å². The van der Waals surface area contributed by atoms with Crippen LogP contribution < -0.4 is 5.32 Å². The average Bonchev–Trinajstić information content (AvgIpc) is 2.32. The summed E-state index contributed by atoms with van der Waals surface area (Å²) >= 11 is 5.98. The number of halogens is 1. The van der Waals surface area contributed by atoms with E-state index in [-0.39, 0.29) is 0 Å². The third-order valence-corrected chi connectivity index (χ3v) is 3.73. The first-order valence-electron chi connectivity index (χ1n) is 6.10. The van der Waals surface area contributed by atoms with E-state index in [0.29, 0.717) is 12.1 Å². The van der Waals surface area contributed by atoms with Gasteiger partial charge in [0.2, 0.25) is 0 Å². The van der Waals surface area contributed by atoms with Gasteiger partial charge in [0.25, 0.3) is 0 Å². The zero-order chi connectivity index (χ0) is 12.5. The number of aromatic nitrogens is 1. The van der Waals surface area contributed by atoms with Crippen molar-refractivity contribution in [2.45, 2.75) is 25.0 Å². The predicted octanol–water partition coefficient (Wildman–Crippen LogP) is 3.48. The summed E-state index contributed by atoms with van der Waals surface area (Å²) < 4.78 is 5.29. The Kier molecular flexibility index (Phi) is 3.10. The fourth-order valence-corrected chi connectivity index (χ4v) is 2.51. The quantitative estimate of drug-likeness (QED) is 0.920. The lowest BCUT2D eigenvalue weighted by atomic mass is 9.89. The van der Waals surface area contributed by atoms with Gasteiger partial charge >= 0.3 is 0 Å². The predicted molar refractivity (Wildman–Crippen MR) is 74.2 cm³/mol. The van der Waals surface area contributed by atoms with Crippen molar-refractivity contribution in [1.29, 1.82) is 0 Å². The maximum absolute atomic E-state index is 5.98. The smallest absolute Gasteiger partial charge is 0.0737 e. The van der Waals surface area contributed by atoms with Crippen LogP contribution in [-0.2, 0) is 4.74 Å². The van der Waals surface area contributed by atoms with E-state index < -0.39 is 0 Å². The summed E-state index contributed by atoms with van der Waals surface area (Å²) in [5, 5.41) is 5.37. The van der Waals surface area contributed by atoms with Crippen LogP contribution in [0.3, 0.4) is 0 Å². The molecule has 18 heavy (non-hydrogen) atoms. The highest BCUT2D eigenvalue weighted by Crippen LogP contribution is 2.30. The van der Waals surface area contributed by atoms with Crippen LogP contribution >= 0.6 is 11.6 Å². The van der Waals surface area contributed by atoms with Crippen LogP contribution in [0.15, 0.2) is 30.5 Å². The Morgan fingerprint density at radius 3 is 2.94 bits per heavy atom. The molecule has 1 aromatic carbocycles. The topological polar surface area (TPSA) is 34.1 Å². The molecule has 1 aliphatic rings. The largest absolute Gasteiger partial charge is 0.382 e. The minimum absolute atomic E-state index is 0.407. The van der Waals surface area contributed by atoms with E-state index in [0.717, 1.165) is 34.5 Å². The second-order valence-corrected chi connectivity index (χ2v) is 5.13. The van der Waals surface area contributed by atoms with Crippen molar-refractivity contribution in [2.75, 3.05) is 12.4 Å². The Morgan fingerprint density at radius 2 is 2.17 bits per heavy atom. The lowest BCUT2D eigenvalue weighted by Gasteiger charge is -2.35. The van der Waals surface area contributed by atoms with Gasteiger partial charge in [-0.05, 0) is 37.1 Å². The third-order valence-electron chi connectivity index (χ3n) is 3.49. The molecule has 1 aromatic heterocycles. The lowest BCUT2D eigenvalue weighted by molar-refractivity contribution is 0.0329. The van der Waals surface area contributed by atoms with Crippen molar-refractivity contribution in [3.05, 3.63) is 35.5 Å². The van der Waals surface area contributed by atoms with Crippen LogP contribution in [0.5, 0.6) is 0 Å². The fraction of sp³-hybridized carbons (Fsp3) is 0.357. The minimum atomic E-state index is 0.407. The van der Waals surface area contributed by atoms with Gasteiger partial charge in [-0.2, -0.15) is 0 Å². The highest BCUT2D eigenvalue weighted by atomic mass is 35.5. The minimum Gasteiger partial charge on any atom is -0.382 e. The van der Waals surface area contributed by atoms with Crippen molar-refractivity contribution >= 4 is 28.2 Å². The van der Waals surface area contributed by atoms with Crippen molar-refractivity contribution in [1.82, 2.24) is 4.98 Å². The van der Waals surface area contributed by atoms with Gasteiger partial charge in [0.15, 0.2) is 0 Å². The number of methoxy groups -OCH3 is 1. The van der Waals surface area contributed by atoms with Gasteiger partial charge < -0.3 is 10.1 Å². The SMILES string of the molecule is COC1CC(Nc2ccnc3cc(Cl)ccc23)C1. The second-order valence-electron chi connectivity index (χ2n) is 4.69. The molecular formula is C14H15ClN2O. The number of pyridine rings is 1. The maximum Gasteiger partial charge on any atom is 0.0737 e. The Bertz CT molecular complexity index is 567. The van der Waals surface area contributed by atoms with Crippen LogP contribution in [0, 0.1) is 0 Å². The zero-order valence-corrected chi connectivity index (χ0v) is 10.9. The molecule has 0 radical (unpaired) electrons. The molecule has 0 aliphatic heterocycles. The summed E-state index contributed by atoms with van der Waals surface area (Å²) in [5.74, 6) is 0. The summed E-state index contributed by atoms with van der Waals surface area (Å²) in [6, 6.07) is 8.31. The molecule has 0 amide bonds. The van der Waals surface area contributed by atoms with Crippen molar-refractivity contribution in [3.63, 3.8) is 0 Å². The standard InChI is InChI=1S/C14H15ClN2O/c1-18-11-7-10(8-11)17-13-4-5-16-14-6-9(15)2-3-12(13)14/h2-6,10-11H,7-8H2,1H3,(H,16,17). The first-order chi connectivity index (χ1) is 8.76. The monoisotopic (exact) mass is 262 g/mol. The Labute approximate surface area is 111 Å². The van der Waals surface area contributed by atoms with Crippen LogP contribution in [0.4, 0.5) is 5.69 Å². The number of hydrogen-bond acceptors (Lipinski definition) is 3. The number of ether oxygens (including phenoxy) is 1. The summed E-state index contributed by atoms with van der Waals surface area (Å²) in [6.45, 7) is 0. The first kappa shape index (κ1) is 11.8. The Morgan fingerprint density at radius 1 is 1.33 bits per heavy atom. The van der Waals surface area contributed by atoms with Crippen LogP contribution in [0.2, 0.25) is 5.02 Å². The van der Waals surface area contributed by atoms with E-state index >= 15 is 0 Å². The Balaban J connectivity index is 1.84. The number of hydrogen-bond donors (Lipinski definition) is 1. The number of nitrogens with one attached hydrogen (secondary N) is 1. The summed E-state index contributed by atoms with van der Waals surface area (Å²) in [4.78, 5) is 4.34. The molecule has 1 fully saturated rings. The van der Waals surface area contributed by atoms with Gasteiger partial charge in [0, 0.05) is 35.4 Å². The molecule has 0 spiro atoms. The van der Waals surface area contributed by atoms with Gasteiger partial charge in [-0.15, -0.1) is 0 Å². The van der Waals surface area contributed by atoms with E-state index in [1.807, 2.05) is 30.5 Å². The highest BCUT2D eigenvalue weighted by molar-refractivity contribution is 6.31. The van der Waals surface area contributed by atoms with Gasteiger partial charge in [-0.25, -0.2) is 0 Å². The van der Waals surface area contributed by atoms with E-state index in [4.69, 9.17) is 16.3 Å². The summed E-state index contributed by atoms with van der Waals surface area (Å²) in [7, 11) is 1.77. The highest BCUT2D eigenvalue weighted by Gasteiger charge is 2.28. The van der Waals surface area contributed by atoms with Gasteiger partial charge in [0.05, 0.1) is 11.6 Å². The molecule has 1 aliphatic carbocycles. The summed E-state index contributed by atoms with van der Waals surface area (Å²) in [6.07, 6.45) is 4.35. The molecule has 94 valence electrons. The Hall–Kier alpha value is -1.32. The van der Waals surface area contributed by atoms with Gasteiger partial charge in [-0.3, -0.25) is 4.98 Å². The number of benzene rings is 1. The van der Waals surface area contributed by atoms with Crippen LogP contribution in [-0.4, -0.2) is 24.2 Å². The number of anilines is 1. The third kappa shape index (κ3) is 2.16. The molecule has 0 saturated heterocycles. The zero-order valence-electron chi connectivity index (χ0n) is 10.2. The van der Waals surface area contributed by atoms with E-state index in [9.17, 15) is 0 Å². The molecule has 0 atom stereocenters. The number of fused-ring (bicyclic) bond motifs is 1. The van der Waals surface area contributed by atoms with Crippen molar-refractivity contribution in [3.8, 4) is 0 Å². The molecule has 4 heteroatoms. The van der Waals surface area contributed by atoms with Gasteiger partial charge in [-0.1, -0.05) is 11.6 Å². The van der Waals surface area contributed by atoms with E-state index in [1.54, 1.807) is 7.11 Å². The molecular weight excluding hydrogens is 248 g/mol. The molecule has 0 bridgehead atoms. The maximum atomic E-state index is 5.98. The molecule has 3 nitrogen and oxygen atoms in total. The number of rotatable bonds is 3. The van der Waals surface area contributed by atoms with Crippen molar-refractivity contribution < 1.29 is 4.74 Å². The average molecular weight is 263 g/mol. The molecule has 1 N–H and O–H groups in total. The molecule has 1 heterocycles. The second kappa shape index (κ2) is 4.75. The number of nitrogens with zero attached hydrogens (tertiary/aromatic N) is 1. The molecule has 1 saturated carbocycles. The molecule has 0 unspecified atom stereocenters. The van der Waals surface area contributed by atoms with Gasteiger partial charge in [0.1, 0.15) is 0 Å². The van der Waals surface area contributed by atoms with E-state index in [2.05, 4.69) is 10.3 Å². The summed E-state index contributed by atoms with van der Waals surface area (Å²) in [5.41, 5.74) is 2.05. The van der Waals surface area contributed by atoms with E-state index in [1.165, 1.54) is 0 Å². The lowest BCUT2D eigenvalue weighted by Crippen LogP contribution is -2.40. The van der Waals surface area contributed by atoms with Crippen molar-refractivity contribution in [2.24, 2.45) is 0 Å². The van der Waals surface area contributed by atoms with Crippen LogP contribution in [0.25, 0.3) is 10.9 Å².